The molecule has 0 aromatic heterocycles. The Labute approximate surface area is 143 Å². The second-order valence-corrected chi connectivity index (χ2v) is 7.16. The van der Waals surface area contributed by atoms with Gasteiger partial charge < -0.3 is 14.7 Å². The molecular weight excluding hydrogens is 329 g/mol. The Bertz CT molecular complexity index is 798. The molecule has 4 nitrogen and oxygen atoms in total. The van der Waals surface area contributed by atoms with E-state index in [0.29, 0.717) is 13.2 Å². The molecule has 0 aliphatic carbocycles. The van der Waals surface area contributed by atoms with Crippen LogP contribution < -0.4 is 4.74 Å². The fourth-order valence-electron chi connectivity index (χ4n) is 3.51. The van der Waals surface area contributed by atoms with Gasteiger partial charge in [-0.25, -0.2) is 9.18 Å². The summed E-state index contributed by atoms with van der Waals surface area (Å²) in [6.45, 7) is 0.936. The molecule has 1 fully saturated rings. The highest BCUT2D eigenvalue weighted by Crippen LogP contribution is 2.44. The normalized spacial score (nSPS) is 21.8. The Hall–Kier alpha value is -2.21. The molecule has 0 radical (unpaired) electrons. The molecule has 0 bridgehead atoms. The Morgan fingerprint density at radius 2 is 2.08 bits per heavy atom. The average Bonchev–Trinajstić information content (AvgIpc) is 2.99. The van der Waals surface area contributed by atoms with Crippen molar-refractivity contribution in [3.63, 3.8) is 0 Å². The lowest BCUT2D eigenvalue weighted by Gasteiger charge is -2.32. The van der Waals surface area contributed by atoms with E-state index < -0.39 is 6.09 Å². The van der Waals surface area contributed by atoms with Crippen LogP contribution in [0, 0.1) is 5.82 Å². The molecule has 1 amide bonds. The van der Waals surface area contributed by atoms with Gasteiger partial charge in [0.05, 0.1) is 6.04 Å². The van der Waals surface area contributed by atoms with Crippen molar-refractivity contribution in [3.8, 4) is 5.75 Å². The molecule has 124 valence electrons. The number of fused-ring (bicyclic) bond motifs is 3. The van der Waals surface area contributed by atoms with Crippen molar-refractivity contribution in [1.82, 2.24) is 4.90 Å². The summed E-state index contributed by atoms with van der Waals surface area (Å²) >= 11 is 1.48. The fourth-order valence-corrected chi connectivity index (χ4v) is 4.40. The number of benzene rings is 2. The lowest BCUT2D eigenvalue weighted by atomic mass is 9.89. The predicted molar refractivity (Wildman–Crippen MR) is 88.3 cm³/mol. The number of carboxylic acid groups (broad SMARTS) is 1. The average molecular weight is 345 g/mol. The predicted octanol–water partition coefficient (Wildman–Crippen LogP) is 4.21. The van der Waals surface area contributed by atoms with Crippen molar-refractivity contribution in [2.24, 2.45) is 0 Å². The first-order valence-corrected chi connectivity index (χ1v) is 8.63. The molecule has 2 aliphatic heterocycles. The summed E-state index contributed by atoms with van der Waals surface area (Å²) in [5, 5.41) is 9.27. The number of hydrogen-bond donors (Lipinski definition) is 1. The van der Waals surface area contributed by atoms with E-state index in [1.807, 2.05) is 24.3 Å². The summed E-state index contributed by atoms with van der Waals surface area (Å²) < 4.78 is 19.1. The Morgan fingerprint density at radius 1 is 1.25 bits per heavy atom. The SMILES string of the molecule is O=C(O)N1CCC2c3ccc(Sc4cccc(F)c4)cc3OCC21. The highest BCUT2D eigenvalue weighted by molar-refractivity contribution is 7.99. The van der Waals surface area contributed by atoms with Gasteiger partial charge in [0, 0.05) is 22.3 Å². The quantitative estimate of drug-likeness (QED) is 0.886. The maximum absolute atomic E-state index is 13.3. The molecule has 4 rings (SSSR count). The Balaban J connectivity index is 1.58. The molecule has 2 aliphatic rings. The summed E-state index contributed by atoms with van der Waals surface area (Å²) in [6, 6.07) is 12.4. The zero-order chi connectivity index (χ0) is 16.7. The minimum absolute atomic E-state index is 0.100. The molecule has 6 heteroatoms. The van der Waals surface area contributed by atoms with Crippen LogP contribution >= 0.6 is 11.8 Å². The summed E-state index contributed by atoms with van der Waals surface area (Å²) in [4.78, 5) is 14.6. The van der Waals surface area contributed by atoms with Gasteiger partial charge in [-0.3, -0.25) is 0 Å². The second kappa shape index (κ2) is 6.02. The first-order chi connectivity index (χ1) is 11.6. The van der Waals surface area contributed by atoms with Crippen molar-refractivity contribution < 1.29 is 19.0 Å². The van der Waals surface area contributed by atoms with Gasteiger partial charge in [-0.05, 0) is 42.3 Å². The topological polar surface area (TPSA) is 49.8 Å². The first kappa shape index (κ1) is 15.3. The number of nitrogens with zero attached hydrogens (tertiary/aromatic N) is 1. The number of carbonyl (C=O) groups is 1. The van der Waals surface area contributed by atoms with Crippen LogP contribution in [0.1, 0.15) is 17.9 Å². The highest BCUT2D eigenvalue weighted by atomic mass is 32.2. The summed E-state index contributed by atoms with van der Waals surface area (Å²) in [5.41, 5.74) is 1.07. The number of ether oxygens (including phenoxy) is 1. The summed E-state index contributed by atoms with van der Waals surface area (Å²) in [7, 11) is 0. The standard InChI is InChI=1S/C18H16FNO3S/c19-11-2-1-3-12(8-11)24-13-4-5-15-14-6-7-20(18(21)22)16(14)10-23-17(15)9-13/h1-5,8-9,14,16H,6-7,10H2,(H,21,22). The van der Waals surface area contributed by atoms with E-state index >= 15 is 0 Å². The highest BCUT2D eigenvalue weighted by Gasteiger charge is 2.42. The molecule has 2 aromatic carbocycles. The van der Waals surface area contributed by atoms with Gasteiger partial charge in [0.15, 0.2) is 0 Å². The third kappa shape index (κ3) is 2.71. The van der Waals surface area contributed by atoms with Gasteiger partial charge in [-0.1, -0.05) is 23.9 Å². The molecular formula is C18H16FNO3S. The van der Waals surface area contributed by atoms with Crippen LogP contribution in [0.25, 0.3) is 0 Å². The number of rotatable bonds is 2. The van der Waals surface area contributed by atoms with Crippen LogP contribution in [0.15, 0.2) is 52.3 Å². The van der Waals surface area contributed by atoms with Crippen LogP contribution in [0.2, 0.25) is 0 Å². The maximum Gasteiger partial charge on any atom is 0.407 e. The lowest BCUT2D eigenvalue weighted by molar-refractivity contribution is 0.113. The number of halogens is 1. The molecule has 0 saturated carbocycles. The van der Waals surface area contributed by atoms with Crippen molar-refractivity contribution >= 4 is 17.9 Å². The summed E-state index contributed by atoms with van der Waals surface area (Å²) in [5.74, 6) is 0.750. The van der Waals surface area contributed by atoms with Crippen LogP contribution in [-0.4, -0.2) is 35.3 Å². The number of amides is 1. The Morgan fingerprint density at radius 3 is 2.88 bits per heavy atom. The second-order valence-electron chi connectivity index (χ2n) is 6.01. The molecule has 1 saturated heterocycles. The first-order valence-electron chi connectivity index (χ1n) is 7.81. The monoisotopic (exact) mass is 345 g/mol. The van der Waals surface area contributed by atoms with Gasteiger partial charge in [0.2, 0.25) is 0 Å². The zero-order valence-electron chi connectivity index (χ0n) is 12.8. The minimum atomic E-state index is -0.882. The Kier molecular flexibility index (Phi) is 3.84. The van der Waals surface area contributed by atoms with E-state index in [1.165, 1.54) is 28.8 Å². The summed E-state index contributed by atoms with van der Waals surface area (Å²) in [6.07, 6.45) is -0.0585. The molecule has 2 unspecified atom stereocenters. The molecule has 1 N–H and O–H groups in total. The van der Waals surface area contributed by atoms with Crippen LogP contribution in [0.4, 0.5) is 9.18 Å². The van der Waals surface area contributed by atoms with Gasteiger partial charge in [-0.2, -0.15) is 0 Å². The van der Waals surface area contributed by atoms with Gasteiger partial charge >= 0.3 is 6.09 Å². The maximum atomic E-state index is 13.3. The largest absolute Gasteiger partial charge is 0.491 e. The van der Waals surface area contributed by atoms with Gasteiger partial charge in [0.1, 0.15) is 18.2 Å². The lowest BCUT2D eigenvalue weighted by Crippen LogP contribution is -2.42. The van der Waals surface area contributed by atoms with E-state index in [1.54, 1.807) is 6.07 Å². The molecule has 2 atom stereocenters. The van der Waals surface area contributed by atoms with E-state index in [2.05, 4.69) is 0 Å². The van der Waals surface area contributed by atoms with Crippen LogP contribution in [-0.2, 0) is 0 Å². The third-order valence-corrected chi connectivity index (χ3v) is 5.60. The zero-order valence-corrected chi connectivity index (χ0v) is 13.6. The third-order valence-electron chi connectivity index (χ3n) is 4.62. The van der Waals surface area contributed by atoms with E-state index in [9.17, 15) is 14.3 Å². The van der Waals surface area contributed by atoms with Crippen LogP contribution in [0.3, 0.4) is 0 Å². The van der Waals surface area contributed by atoms with Crippen molar-refractivity contribution in [2.75, 3.05) is 13.2 Å². The molecule has 2 heterocycles. The fraction of sp³-hybridized carbons (Fsp3) is 0.278. The van der Waals surface area contributed by atoms with Gasteiger partial charge in [0.25, 0.3) is 0 Å². The smallest absolute Gasteiger partial charge is 0.407 e. The van der Waals surface area contributed by atoms with E-state index in [-0.39, 0.29) is 17.8 Å². The molecule has 24 heavy (non-hydrogen) atoms. The molecule has 2 aromatic rings. The van der Waals surface area contributed by atoms with E-state index in [0.717, 1.165) is 27.5 Å². The van der Waals surface area contributed by atoms with Crippen molar-refractivity contribution in [3.05, 3.63) is 53.8 Å². The minimum Gasteiger partial charge on any atom is -0.491 e. The van der Waals surface area contributed by atoms with Crippen molar-refractivity contribution in [1.29, 1.82) is 0 Å². The number of likely N-dealkylation sites (tertiary alicyclic amines) is 1. The molecule has 0 spiro atoms. The van der Waals surface area contributed by atoms with Crippen LogP contribution in [0.5, 0.6) is 5.75 Å². The number of hydrogen-bond acceptors (Lipinski definition) is 3. The van der Waals surface area contributed by atoms with Gasteiger partial charge in [-0.15, -0.1) is 0 Å². The van der Waals surface area contributed by atoms with Crippen molar-refractivity contribution in [2.45, 2.75) is 28.2 Å². The van der Waals surface area contributed by atoms with E-state index in [4.69, 9.17) is 4.74 Å².